The highest BCUT2D eigenvalue weighted by atomic mass is 19.1. The zero-order valence-electron chi connectivity index (χ0n) is 11.9. The molecule has 0 bridgehead atoms. The van der Waals surface area contributed by atoms with Gasteiger partial charge in [-0.3, -0.25) is 4.40 Å². The van der Waals surface area contributed by atoms with Gasteiger partial charge in [0, 0.05) is 24.0 Å². The maximum absolute atomic E-state index is 13.3. The van der Waals surface area contributed by atoms with E-state index in [4.69, 9.17) is 0 Å². The van der Waals surface area contributed by atoms with Gasteiger partial charge in [0.05, 0.1) is 11.9 Å². The lowest BCUT2D eigenvalue weighted by Crippen LogP contribution is -1.90. The number of rotatable bonds is 2. The van der Waals surface area contributed by atoms with Gasteiger partial charge in [-0.05, 0) is 41.5 Å². The van der Waals surface area contributed by atoms with E-state index in [0.717, 1.165) is 22.5 Å². The van der Waals surface area contributed by atoms with Crippen LogP contribution in [0.25, 0.3) is 28.0 Å². The monoisotopic (exact) mass is 307 g/mol. The van der Waals surface area contributed by atoms with Crippen LogP contribution in [0.4, 0.5) is 8.78 Å². The minimum absolute atomic E-state index is 0.266. The van der Waals surface area contributed by atoms with E-state index in [1.807, 2.05) is 22.7 Å². The summed E-state index contributed by atoms with van der Waals surface area (Å²) in [6.45, 7) is 0. The Balaban J connectivity index is 1.81. The maximum Gasteiger partial charge on any atom is 0.213 e. The molecule has 0 fully saturated rings. The predicted octanol–water partition coefficient (Wildman–Crippen LogP) is 4.34. The number of hydrogen-bond donors (Lipinski definition) is 0. The van der Waals surface area contributed by atoms with E-state index in [1.54, 1.807) is 24.4 Å². The molecule has 0 spiro atoms. The molecule has 0 unspecified atom stereocenters. The van der Waals surface area contributed by atoms with E-state index in [1.165, 1.54) is 24.4 Å². The molecule has 4 aromatic rings. The van der Waals surface area contributed by atoms with Crippen LogP contribution in [0, 0.1) is 11.8 Å². The highest BCUT2D eigenvalue weighted by molar-refractivity contribution is 5.70. The molecule has 0 aliphatic rings. The Bertz CT molecular complexity index is 991. The lowest BCUT2D eigenvalue weighted by molar-refractivity contribution is 0.584. The van der Waals surface area contributed by atoms with E-state index in [9.17, 15) is 8.78 Å². The van der Waals surface area contributed by atoms with Gasteiger partial charge in [-0.2, -0.15) is 4.39 Å². The van der Waals surface area contributed by atoms with Crippen LogP contribution in [0.15, 0.2) is 67.1 Å². The molecular formula is C18H11F2N3. The van der Waals surface area contributed by atoms with Crippen LogP contribution in [0.3, 0.4) is 0 Å². The standard InChI is InChI=1S/C18H11F2N3/c19-15-3-1-12(2-4-15)13-6-8-23-16(11-22-18(23)10-13)14-5-7-21-17(20)9-14/h1-11H. The Morgan fingerprint density at radius 3 is 2.39 bits per heavy atom. The molecule has 23 heavy (non-hydrogen) atoms. The molecule has 0 saturated carbocycles. The Labute approximate surface area is 130 Å². The molecule has 0 radical (unpaired) electrons. The Hall–Kier alpha value is -3.08. The van der Waals surface area contributed by atoms with Crippen molar-refractivity contribution in [1.29, 1.82) is 0 Å². The first kappa shape index (κ1) is 13.6. The summed E-state index contributed by atoms with van der Waals surface area (Å²) in [4.78, 5) is 7.94. The van der Waals surface area contributed by atoms with Gasteiger partial charge in [0.15, 0.2) is 0 Å². The van der Waals surface area contributed by atoms with Gasteiger partial charge >= 0.3 is 0 Å². The molecule has 112 valence electrons. The van der Waals surface area contributed by atoms with Crippen molar-refractivity contribution >= 4 is 5.65 Å². The summed E-state index contributed by atoms with van der Waals surface area (Å²) in [7, 11) is 0. The minimum Gasteiger partial charge on any atom is -0.300 e. The molecule has 5 heteroatoms. The van der Waals surface area contributed by atoms with Crippen molar-refractivity contribution in [3.63, 3.8) is 0 Å². The molecule has 0 aliphatic heterocycles. The van der Waals surface area contributed by atoms with Gasteiger partial charge in [0.2, 0.25) is 5.95 Å². The van der Waals surface area contributed by atoms with Gasteiger partial charge in [0.25, 0.3) is 0 Å². The average molecular weight is 307 g/mol. The van der Waals surface area contributed by atoms with Gasteiger partial charge < -0.3 is 0 Å². The minimum atomic E-state index is -0.527. The van der Waals surface area contributed by atoms with Gasteiger partial charge in [0.1, 0.15) is 11.5 Å². The number of halogens is 2. The quantitative estimate of drug-likeness (QED) is 0.516. The van der Waals surface area contributed by atoms with Gasteiger partial charge in [-0.1, -0.05) is 12.1 Å². The smallest absolute Gasteiger partial charge is 0.213 e. The number of benzene rings is 1. The first-order valence-electron chi connectivity index (χ1n) is 7.06. The van der Waals surface area contributed by atoms with Crippen molar-refractivity contribution in [2.45, 2.75) is 0 Å². The van der Waals surface area contributed by atoms with Crippen molar-refractivity contribution < 1.29 is 8.78 Å². The van der Waals surface area contributed by atoms with Crippen molar-refractivity contribution in [3.8, 4) is 22.4 Å². The third-order valence-corrected chi connectivity index (χ3v) is 3.71. The summed E-state index contributed by atoms with van der Waals surface area (Å²) in [6.07, 6.45) is 4.99. The van der Waals surface area contributed by atoms with Crippen LogP contribution >= 0.6 is 0 Å². The highest BCUT2D eigenvalue weighted by Gasteiger charge is 2.08. The largest absolute Gasteiger partial charge is 0.300 e. The molecule has 4 rings (SSSR count). The summed E-state index contributed by atoms with van der Waals surface area (Å²) >= 11 is 0. The normalized spacial score (nSPS) is 11.0. The lowest BCUT2D eigenvalue weighted by atomic mass is 10.1. The van der Waals surface area contributed by atoms with Crippen LogP contribution in [0.2, 0.25) is 0 Å². The number of fused-ring (bicyclic) bond motifs is 1. The van der Waals surface area contributed by atoms with Gasteiger partial charge in [-0.15, -0.1) is 0 Å². The van der Waals surface area contributed by atoms with E-state index in [2.05, 4.69) is 9.97 Å². The lowest BCUT2D eigenvalue weighted by Gasteiger charge is -2.05. The number of imidazole rings is 1. The van der Waals surface area contributed by atoms with Crippen molar-refractivity contribution in [1.82, 2.24) is 14.4 Å². The molecule has 3 heterocycles. The van der Waals surface area contributed by atoms with E-state index < -0.39 is 5.95 Å². The third kappa shape index (κ3) is 2.46. The Morgan fingerprint density at radius 1 is 0.783 bits per heavy atom. The highest BCUT2D eigenvalue weighted by Crippen LogP contribution is 2.25. The molecule has 0 N–H and O–H groups in total. The zero-order chi connectivity index (χ0) is 15.8. The van der Waals surface area contributed by atoms with Crippen LogP contribution in [0.5, 0.6) is 0 Å². The van der Waals surface area contributed by atoms with Crippen LogP contribution < -0.4 is 0 Å². The molecule has 0 aliphatic carbocycles. The van der Waals surface area contributed by atoms with E-state index in [-0.39, 0.29) is 5.82 Å². The molecule has 3 aromatic heterocycles. The van der Waals surface area contributed by atoms with E-state index in [0.29, 0.717) is 5.56 Å². The van der Waals surface area contributed by atoms with E-state index >= 15 is 0 Å². The molecule has 3 nitrogen and oxygen atoms in total. The number of hydrogen-bond acceptors (Lipinski definition) is 2. The summed E-state index contributed by atoms with van der Waals surface area (Å²) in [5.41, 5.74) is 4.08. The fourth-order valence-corrected chi connectivity index (χ4v) is 2.58. The summed E-state index contributed by atoms with van der Waals surface area (Å²) in [6, 6.07) is 13.2. The average Bonchev–Trinajstić information content (AvgIpc) is 2.98. The third-order valence-electron chi connectivity index (χ3n) is 3.71. The summed E-state index contributed by atoms with van der Waals surface area (Å²) < 4.78 is 28.2. The van der Waals surface area contributed by atoms with Crippen LogP contribution in [-0.2, 0) is 0 Å². The zero-order valence-corrected chi connectivity index (χ0v) is 11.9. The molecular weight excluding hydrogens is 296 g/mol. The Kier molecular flexibility index (Phi) is 3.12. The SMILES string of the molecule is Fc1ccc(-c2ccn3c(-c4ccnc(F)c4)cnc3c2)cc1. The fraction of sp³-hybridized carbons (Fsp3) is 0. The van der Waals surface area contributed by atoms with Crippen molar-refractivity contribution in [2.24, 2.45) is 0 Å². The molecule has 1 aromatic carbocycles. The number of aromatic nitrogens is 3. The topological polar surface area (TPSA) is 30.2 Å². The maximum atomic E-state index is 13.3. The molecule has 0 saturated heterocycles. The second-order valence-corrected chi connectivity index (χ2v) is 5.16. The number of pyridine rings is 2. The first-order chi connectivity index (χ1) is 11.2. The Morgan fingerprint density at radius 2 is 1.61 bits per heavy atom. The summed E-state index contributed by atoms with van der Waals surface area (Å²) in [5.74, 6) is -0.793. The van der Waals surface area contributed by atoms with Gasteiger partial charge in [-0.25, -0.2) is 14.4 Å². The van der Waals surface area contributed by atoms with Crippen LogP contribution in [0.1, 0.15) is 0 Å². The first-order valence-corrected chi connectivity index (χ1v) is 7.06. The second-order valence-electron chi connectivity index (χ2n) is 5.16. The second kappa shape index (κ2) is 5.28. The fourth-order valence-electron chi connectivity index (χ4n) is 2.58. The molecule has 0 atom stereocenters. The van der Waals surface area contributed by atoms with Crippen molar-refractivity contribution in [3.05, 3.63) is 78.9 Å². The van der Waals surface area contributed by atoms with Crippen LogP contribution in [-0.4, -0.2) is 14.4 Å². The van der Waals surface area contributed by atoms with Crippen molar-refractivity contribution in [2.75, 3.05) is 0 Å². The number of nitrogens with zero attached hydrogens (tertiary/aromatic N) is 3. The predicted molar refractivity (Wildman–Crippen MR) is 83.8 cm³/mol. The molecule has 0 amide bonds. The summed E-state index contributed by atoms with van der Waals surface area (Å²) in [5, 5.41) is 0.